The molecule has 1 rings (SSSR count). The first-order chi connectivity index (χ1) is 9.99. The Morgan fingerprint density at radius 2 is 1.35 bits per heavy atom. The van der Waals surface area contributed by atoms with E-state index in [1.54, 1.807) is 5.16 Å². The van der Waals surface area contributed by atoms with Crippen molar-refractivity contribution in [3.63, 3.8) is 0 Å². The van der Waals surface area contributed by atoms with Crippen LogP contribution in [-0.2, 0) is 14.3 Å². The zero-order valence-corrected chi connectivity index (χ0v) is 10.4. The van der Waals surface area contributed by atoms with E-state index >= 15 is 0 Å². The number of ether oxygens (including phenoxy) is 2. The number of rotatable bonds is 3. The molecule has 15 heteroatoms. The lowest BCUT2D eigenvalue weighted by Gasteiger charge is -2.31. The maximum absolute atomic E-state index is 13.1. The normalized spacial score (nSPS) is 20.6. The number of hydrogen-bond donors (Lipinski definition) is 0. The van der Waals surface area contributed by atoms with Gasteiger partial charge in [0.05, 0.1) is 0 Å². The Kier molecular flexibility index (Phi) is 4.44. The summed E-state index contributed by atoms with van der Waals surface area (Å²) in [5.41, 5.74) is 0. The van der Waals surface area contributed by atoms with E-state index in [0.717, 1.165) is 0 Å². The van der Waals surface area contributed by atoms with Gasteiger partial charge in [0.25, 0.3) is 5.90 Å². The molecule has 0 spiro atoms. The fraction of sp³-hybridized carbons (Fsp3) is 0.875. The van der Waals surface area contributed by atoms with Crippen LogP contribution in [-0.4, -0.2) is 43.4 Å². The summed E-state index contributed by atoms with van der Waals surface area (Å²) < 4.78 is 145. The first-order valence-corrected chi connectivity index (χ1v) is 5.08. The number of hydrogen-bond acceptors (Lipinski definition) is 4. The first kappa shape index (κ1) is 19.5. The van der Waals surface area contributed by atoms with E-state index in [1.165, 1.54) is 0 Å². The largest absolute Gasteiger partial charge is 0.480 e. The Bertz CT molecular complexity index is 463. The SMILES string of the molecule is COC(F)(F)C(C1=NOC(C(F)(F)F)(C(F)(F)F)O1)C(F)(F)F. The van der Waals surface area contributed by atoms with E-state index in [2.05, 4.69) is 14.3 Å². The summed E-state index contributed by atoms with van der Waals surface area (Å²) in [6.07, 6.45) is -24.3. The second kappa shape index (κ2) is 5.24. The standard InChI is InChI=1S/C8H4F11NO3/c1-21-5(12,13)2(4(9,10)11)3-20-23-6(22-3,7(14,15)16)8(17,18)19/h2H,1H3. The Morgan fingerprint density at radius 1 is 0.913 bits per heavy atom. The molecule has 0 saturated carbocycles. The minimum absolute atomic E-state index is 0.0376. The van der Waals surface area contributed by atoms with Gasteiger partial charge in [0, 0.05) is 7.11 Å². The summed E-state index contributed by atoms with van der Waals surface area (Å²) in [6.45, 7) is 0. The van der Waals surface area contributed by atoms with E-state index < -0.39 is 42.2 Å². The average molecular weight is 371 g/mol. The molecule has 0 saturated heterocycles. The first-order valence-electron chi connectivity index (χ1n) is 5.08. The minimum atomic E-state index is -6.46. The van der Waals surface area contributed by atoms with Crippen molar-refractivity contribution in [2.45, 2.75) is 30.4 Å². The summed E-state index contributed by atoms with van der Waals surface area (Å²) in [5.74, 6) is -12.7. The number of methoxy groups -OCH3 is 1. The van der Waals surface area contributed by atoms with Crippen molar-refractivity contribution in [1.29, 1.82) is 0 Å². The molecule has 0 aromatic rings. The van der Waals surface area contributed by atoms with Gasteiger partial charge in [-0.15, -0.1) is 0 Å². The van der Waals surface area contributed by atoms with Crippen molar-refractivity contribution < 1.29 is 62.6 Å². The summed E-state index contributed by atoms with van der Waals surface area (Å²) in [6, 6.07) is 0. The quantitative estimate of drug-likeness (QED) is 0.712. The molecule has 1 aliphatic heterocycles. The highest BCUT2D eigenvalue weighted by atomic mass is 19.4. The maximum Gasteiger partial charge on any atom is 0.480 e. The van der Waals surface area contributed by atoms with Crippen LogP contribution in [0, 0.1) is 5.92 Å². The molecule has 1 aliphatic rings. The molecule has 0 aromatic heterocycles. The van der Waals surface area contributed by atoms with Crippen molar-refractivity contribution in [2.24, 2.45) is 11.1 Å². The fourth-order valence-corrected chi connectivity index (χ4v) is 1.38. The van der Waals surface area contributed by atoms with Gasteiger partial charge in [-0.1, -0.05) is 0 Å². The van der Waals surface area contributed by atoms with Gasteiger partial charge in [-0.25, -0.2) is 0 Å². The minimum Gasteiger partial charge on any atom is -0.419 e. The van der Waals surface area contributed by atoms with E-state index in [9.17, 15) is 48.3 Å². The summed E-state index contributed by atoms with van der Waals surface area (Å²) in [7, 11) is 0.0376. The molecule has 0 N–H and O–H groups in total. The highest BCUT2D eigenvalue weighted by molar-refractivity contribution is 5.81. The van der Waals surface area contributed by atoms with Crippen LogP contribution in [0.5, 0.6) is 0 Å². The van der Waals surface area contributed by atoms with Crippen LogP contribution in [0.3, 0.4) is 0 Å². The zero-order valence-electron chi connectivity index (χ0n) is 10.4. The lowest BCUT2D eigenvalue weighted by atomic mass is 10.1. The molecule has 0 bridgehead atoms. The molecular weight excluding hydrogens is 367 g/mol. The van der Waals surface area contributed by atoms with Crippen molar-refractivity contribution >= 4 is 5.90 Å². The number of alkyl halides is 11. The van der Waals surface area contributed by atoms with Gasteiger partial charge >= 0.3 is 30.4 Å². The molecule has 4 nitrogen and oxygen atoms in total. The van der Waals surface area contributed by atoms with Crippen LogP contribution < -0.4 is 0 Å². The lowest BCUT2D eigenvalue weighted by molar-refractivity contribution is -0.441. The van der Waals surface area contributed by atoms with Crippen LogP contribution in [0.25, 0.3) is 0 Å². The Balaban J connectivity index is 3.32. The van der Waals surface area contributed by atoms with Crippen LogP contribution in [0.4, 0.5) is 48.3 Å². The topological polar surface area (TPSA) is 40.0 Å². The van der Waals surface area contributed by atoms with E-state index in [-0.39, 0.29) is 7.11 Å². The molecule has 0 aliphatic carbocycles. The number of nitrogens with zero attached hydrogens (tertiary/aromatic N) is 1. The molecular formula is C8H4F11NO3. The molecule has 0 amide bonds. The van der Waals surface area contributed by atoms with Crippen molar-refractivity contribution in [3.05, 3.63) is 0 Å². The van der Waals surface area contributed by atoms with E-state index in [1.807, 2.05) is 0 Å². The van der Waals surface area contributed by atoms with E-state index in [4.69, 9.17) is 0 Å². The third-order valence-electron chi connectivity index (χ3n) is 2.44. The molecule has 0 radical (unpaired) electrons. The second-order valence-corrected chi connectivity index (χ2v) is 3.98. The molecule has 136 valence electrons. The second-order valence-electron chi connectivity index (χ2n) is 3.98. The summed E-state index contributed by atoms with van der Waals surface area (Å²) in [5, 5.41) is 1.78. The van der Waals surface area contributed by atoms with Gasteiger partial charge < -0.3 is 14.3 Å². The Morgan fingerprint density at radius 3 is 1.61 bits per heavy atom. The Hall–Kier alpha value is -1.54. The van der Waals surface area contributed by atoms with Gasteiger partial charge in [0.15, 0.2) is 0 Å². The van der Waals surface area contributed by atoms with Gasteiger partial charge in [-0.3, -0.25) is 0 Å². The molecule has 0 fully saturated rings. The summed E-state index contributed by atoms with van der Waals surface area (Å²) >= 11 is 0. The molecule has 23 heavy (non-hydrogen) atoms. The third kappa shape index (κ3) is 3.23. The predicted molar refractivity (Wildman–Crippen MR) is 45.9 cm³/mol. The highest BCUT2D eigenvalue weighted by Crippen LogP contribution is 2.52. The van der Waals surface area contributed by atoms with Crippen molar-refractivity contribution in [3.8, 4) is 0 Å². The molecule has 1 unspecified atom stereocenters. The molecule has 0 aromatic carbocycles. The van der Waals surface area contributed by atoms with Gasteiger partial charge in [0.1, 0.15) is 0 Å². The van der Waals surface area contributed by atoms with Crippen LogP contribution in [0.2, 0.25) is 0 Å². The van der Waals surface area contributed by atoms with Crippen molar-refractivity contribution in [1.82, 2.24) is 0 Å². The monoisotopic (exact) mass is 371 g/mol. The van der Waals surface area contributed by atoms with Crippen LogP contribution in [0.15, 0.2) is 5.16 Å². The summed E-state index contributed by atoms with van der Waals surface area (Å²) in [4.78, 5) is 2.92. The van der Waals surface area contributed by atoms with Gasteiger partial charge in [-0.05, 0) is 5.16 Å². The molecule has 1 heterocycles. The Labute approximate surface area is 118 Å². The fourth-order valence-electron chi connectivity index (χ4n) is 1.38. The predicted octanol–water partition coefficient (Wildman–Crippen LogP) is 3.59. The van der Waals surface area contributed by atoms with Gasteiger partial charge in [0.2, 0.25) is 5.92 Å². The molecule has 1 atom stereocenters. The van der Waals surface area contributed by atoms with Gasteiger partial charge in [-0.2, -0.15) is 48.3 Å². The zero-order chi connectivity index (χ0) is 18.5. The maximum atomic E-state index is 13.1. The lowest BCUT2D eigenvalue weighted by Crippen LogP contribution is -2.59. The van der Waals surface area contributed by atoms with Crippen LogP contribution in [0.1, 0.15) is 0 Å². The van der Waals surface area contributed by atoms with E-state index in [0.29, 0.717) is 0 Å². The average Bonchev–Trinajstić information content (AvgIpc) is 2.71. The van der Waals surface area contributed by atoms with Crippen molar-refractivity contribution in [2.75, 3.05) is 7.11 Å². The third-order valence-corrected chi connectivity index (χ3v) is 2.44. The smallest absolute Gasteiger partial charge is 0.419 e. The van der Waals surface area contributed by atoms with Crippen LogP contribution >= 0.6 is 0 Å². The number of halogens is 11. The highest BCUT2D eigenvalue weighted by Gasteiger charge is 2.81. The number of oxime groups is 1.